The van der Waals surface area contributed by atoms with Crippen LogP contribution in [0.15, 0.2) is 23.2 Å². The molecule has 1 saturated heterocycles. The van der Waals surface area contributed by atoms with Gasteiger partial charge in [0.25, 0.3) is 0 Å². The van der Waals surface area contributed by atoms with Crippen molar-refractivity contribution in [2.75, 3.05) is 26.3 Å². The van der Waals surface area contributed by atoms with Gasteiger partial charge >= 0.3 is 5.97 Å². The Morgan fingerprint density at radius 3 is 2.43 bits per heavy atom. The monoisotopic (exact) mass is 434 g/mol. The topological polar surface area (TPSA) is 106 Å². The molecule has 1 aliphatic heterocycles. The van der Waals surface area contributed by atoms with Gasteiger partial charge in [-0.1, -0.05) is 6.07 Å². The molecule has 2 heterocycles. The van der Waals surface area contributed by atoms with E-state index in [0.717, 1.165) is 22.3 Å². The first-order valence-electron chi connectivity index (χ1n) is 9.67. The van der Waals surface area contributed by atoms with E-state index >= 15 is 0 Å². The van der Waals surface area contributed by atoms with Crippen molar-refractivity contribution >= 4 is 21.8 Å². The van der Waals surface area contributed by atoms with E-state index in [1.807, 2.05) is 26.8 Å². The molecule has 1 N–H and O–H groups in total. The first-order valence-corrected chi connectivity index (χ1v) is 11.1. The van der Waals surface area contributed by atoms with E-state index < -0.39 is 16.0 Å². The molecular weight excluding hydrogens is 408 g/mol. The Morgan fingerprint density at radius 1 is 1.13 bits per heavy atom. The van der Waals surface area contributed by atoms with Crippen LogP contribution < -0.4 is 0 Å². The van der Waals surface area contributed by atoms with Gasteiger partial charge in [-0.25, -0.2) is 13.2 Å². The average Bonchev–Trinajstić information content (AvgIpc) is 3.19. The summed E-state index contributed by atoms with van der Waals surface area (Å²) in [5.41, 5.74) is 4.04. The maximum Gasteiger partial charge on any atom is 0.355 e. The highest BCUT2D eigenvalue weighted by molar-refractivity contribution is 7.89. The van der Waals surface area contributed by atoms with Gasteiger partial charge in [0.2, 0.25) is 10.0 Å². The molecule has 1 fully saturated rings. The first-order chi connectivity index (χ1) is 14.1. The zero-order chi connectivity index (χ0) is 22.1. The van der Waals surface area contributed by atoms with E-state index in [1.165, 1.54) is 23.5 Å². The Bertz CT molecular complexity index is 1080. The predicted octanol–water partition coefficient (Wildman–Crippen LogP) is 2.52. The summed E-state index contributed by atoms with van der Waals surface area (Å²) in [6.07, 6.45) is 1.29. The number of rotatable bonds is 6. The Kier molecular flexibility index (Phi) is 6.44. The number of ketones is 1. The van der Waals surface area contributed by atoms with Gasteiger partial charge in [0, 0.05) is 24.8 Å². The number of sulfonamides is 1. The van der Waals surface area contributed by atoms with Gasteiger partial charge in [-0.3, -0.25) is 4.79 Å². The number of carbonyl (C=O) groups excluding carboxylic acids is 2. The summed E-state index contributed by atoms with van der Waals surface area (Å²) in [4.78, 5) is 27.2. The normalized spacial score (nSPS) is 15.2. The van der Waals surface area contributed by atoms with Crippen LogP contribution in [0.5, 0.6) is 0 Å². The third-order valence-corrected chi connectivity index (χ3v) is 7.19. The average molecular weight is 435 g/mol. The fourth-order valence-corrected chi connectivity index (χ4v) is 5.19. The molecule has 1 aliphatic rings. The van der Waals surface area contributed by atoms with E-state index in [4.69, 9.17) is 9.47 Å². The molecule has 9 heteroatoms. The number of H-pyrrole nitrogens is 1. The third-order valence-electron chi connectivity index (χ3n) is 5.31. The van der Waals surface area contributed by atoms with Gasteiger partial charge in [-0.15, -0.1) is 0 Å². The van der Waals surface area contributed by atoms with Crippen LogP contribution >= 0.6 is 0 Å². The van der Waals surface area contributed by atoms with Crippen molar-refractivity contribution in [3.63, 3.8) is 0 Å². The quantitative estimate of drug-likeness (QED) is 0.553. The second kappa shape index (κ2) is 8.71. The lowest BCUT2D eigenvalue weighted by atomic mass is 9.92. The molecule has 162 valence electrons. The zero-order valence-electron chi connectivity index (χ0n) is 17.6. The third kappa shape index (κ3) is 4.33. The standard InChI is InChI=1S/C21H26N2O6S/c1-13-9-14(2)20(16(4)24)15(3)18(13)12-29-21(25)19-10-17(11-22-19)30(26,27)23-5-7-28-8-6-23/h9-11,22H,5-8,12H2,1-4H3. The minimum atomic E-state index is -3.70. The summed E-state index contributed by atoms with van der Waals surface area (Å²) in [6, 6.07) is 3.18. The number of aryl methyl sites for hydroxylation is 2. The van der Waals surface area contributed by atoms with Crippen molar-refractivity contribution in [3.05, 3.63) is 51.8 Å². The smallest absolute Gasteiger partial charge is 0.355 e. The Hall–Kier alpha value is -2.49. The molecule has 0 aliphatic carbocycles. The second-order valence-corrected chi connectivity index (χ2v) is 9.32. The largest absolute Gasteiger partial charge is 0.456 e. The van der Waals surface area contributed by atoms with Crippen molar-refractivity contribution in [2.24, 2.45) is 0 Å². The molecule has 30 heavy (non-hydrogen) atoms. The Labute approximate surface area is 176 Å². The number of nitrogens with one attached hydrogen (secondary N) is 1. The number of hydrogen-bond acceptors (Lipinski definition) is 6. The molecule has 0 spiro atoms. The number of carbonyl (C=O) groups is 2. The number of Topliss-reactive ketones (excluding diaryl/α,β-unsaturated/α-hetero) is 1. The van der Waals surface area contributed by atoms with Crippen molar-refractivity contribution < 1.29 is 27.5 Å². The fourth-order valence-electron chi connectivity index (χ4n) is 3.78. The van der Waals surface area contributed by atoms with E-state index in [2.05, 4.69) is 4.98 Å². The van der Waals surface area contributed by atoms with Crippen molar-refractivity contribution in [3.8, 4) is 0 Å². The summed E-state index contributed by atoms with van der Waals surface area (Å²) in [5.74, 6) is -0.706. The van der Waals surface area contributed by atoms with Gasteiger partial charge in [-0.05, 0) is 56.0 Å². The molecule has 3 rings (SSSR count). The number of morpholine rings is 1. The summed E-state index contributed by atoms with van der Waals surface area (Å²) in [7, 11) is -3.70. The SMILES string of the molecule is CC(=O)c1c(C)cc(C)c(COC(=O)c2cc(S(=O)(=O)N3CCOCC3)c[nH]2)c1C. The molecule has 1 aromatic heterocycles. The van der Waals surface area contributed by atoms with E-state index in [1.54, 1.807) is 0 Å². The molecule has 8 nitrogen and oxygen atoms in total. The van der Waals surface area contributed by atoms with Crippen LogP contribution in [0.3, 0.4) is 0 Å². The number of ether oxygens (including phenoxy) is 2. The van der Waals surface area contributed by atoms with E-state index in [9.17, 15) is 18.0 Å². The van der Waals surface area contributed by atoms with Gasteiger partial charge in [0.1, 0.15) is 17.2 Å². The van der Waals surface area contributed by atoms with Gasteiger partial charge < -0.3 is 14.5 Å². The number of aromatic amines is 1. The minimum absolute atomic E-state index is 0.0120. The molecule has 2 aromatic rings. The summed E-state index contributed by atoms with van der Waals surface area (Å²) in [5, 5.41) is 0. The molecule has 0 atom stereocenters. The predicted molar refractivity (Wildman–Crippen MR) is 110 cm³/mol. The van der Waals surface area contributed by atoms with Crippen LogP contribution in [0.25, 0.3) is 0 Å². The molecule has 0 saturated carbocycles. The van der Waals surface area contributed by atoms with E-state index in [-0.39, 0.29) is 36.1 Å². The lowest BCUT2D eigenvalue weighted by molar-refractivity contribution is 0.0465. The Morgan fingerprint density at radius 2 is 1.80 bits per heavy atom. The van der Waals surface area contributed by atoms with Crippen LogP contribution in [0.1, 0.15) is 50.0 Å². The number of esters is 1. The zero-order valence-corrected chi connectivity index (χ0v) is 18.4. The highest BCUT2D eigenvalue weighted by Gasteiger charge is 2.28. The maximum absolute atomic E-state index is 12.7. The number of hydrogen-bond donors (Lipinski definition) is 1. The van der Waals surface area contributed by atoms with Crippen LogP contribution in [-0.4, -0.2) is 55.8 Å². The lowest BCUT2D eigenvalue weighted by Crippen LogP contribution is -2.40. The number of nitrogens with zero attached hydrogens (tertiary/aromatic N) is 1. The minimum Gasteiger partial charge on any atom is -0.456 e. The molecular formula is C21H26N2O6S. The number of aromatic nitrogens is 1. The summed E-state index contributed by atoms with van der Waals surface area (Å²) in [6.45, 7) is 8.34. The molecule has 0 radical (unpaired) electrons. The van der Waals surface area contributed by atoms with E-state index in [0.29, 0.717) is 18.8 Å². The lowest BCUT2D eigenvalue weighted by Gasteiger charge is -2.25. The highest BCUT2D eigenvalue weighted by Crippen LogP contribution is 2.24. The van der Waals surface area contributed by atoms with Crippen molar-refractivity contribution in [1.29, 1.82) is 0 Å². The summed E-state index contributed by atoms with van der Waals surface area (Å²) < 4.78 is 37.3. The van der Waals surface area contributed by atoms with Gasteiger partial charge in [0.05, 0.1) is 13.2 Å². The van der Waals surface area contributed by atoms with Gasteiger partial charge in [0.15, 0.2) is 5.78 Å². The molecule has 0 bridgehead atoms. The van der Waals surface area contributed by atoms with Crippen LogP contribution in [-0.2, 0) is 26.1 Å². The maximum atomic E-state index is 12.7. The van der Waals surface area contributed by atoms with Gasteiger partial charge in [-0.2, -0.15) is 4.31 Å². The summed E-state index contributed by atoms with van der Waals surface area (Å²) >= 11 is 0. The van der Waals surface area contributed by atoms with Crippen molar-refractivity contribution in [1.82, 2.24) is 9.29 Å². The molecule has 0 unspecified atom stereocenters. The van der Waals surface area contributed by atoms with Crippen LogP contribution in [0.2, 0.25) is 0 Å². The fraction of sp³-hybridized carbons (Fsp3) is 0.429. The Balaban J connectivity index is 1.76. The first kappa shape index (κ1) is 22.2. The second-order valence-electron chi connectivity index (χ2n) is 7.39. The molecule has 1 aromatic carbocycles. The molecule has 0 amide bonds. The van der Waals surface area contributed by atoms with Crippen LogP contribution in [0.4, 0.5) is 0 Å². The highest BCUT2D eigenvalue weighted by atomic mass is 32.2. The van der Waals surface area contributed by atoms with Crippen molar-refractivity contribution in [2.45, 2.75) is 39.2 Å². The van der Waals surface area contributed by atoms with Crippen LogP contribution in [0, 0.1) is 20.8 Å². The number of benzene rings is 1.